The molecule has 0 aliphatic heterocycles. The van der Waals surface area contributed by atoms with Gasteiger partial charge in [0, 0.05) is 24.5 Å². The summed E-state index contributed by atoms with van der Waals surface area (Å²) in [6, 6.07) is 6.28. The molecule has 0 aliphatic carbocycles. The molecule has 2 unspecified atom stereocenters. The quantitative estimate of drug-likeness (QED) is 0.821. The Kier molecular flexibility index (Phi) is 5.80. The zero-order valence-corrected chi connectivity index (χ0v) is 11.1. The number of hydrogen-bond acceptors (Lipinski definition) is 4. The third-order valence-corrected chi connectivity index (χ3v) is 3.20. The maximum atomic E-state index is 6.05. The van der Waals surface area contributed by atoms with Crippen LogP contribution >= 0.6 is 11.8 Å². The fraction of sp³-hybridized carbons (Fsp3) is 0.583. The highest BCUT2D eigenvalue weighted by molar-refractivity contribution is 7.98. The second-order valence-corrected chi connectivity index (χ2v) is 5.02. The highest BCUT2D eigenvalue weighted by Crippen LogP contribution is 2.19. The molecule has 1 aromatic rings. The van der Waals surface area contributed by atoms with Gasteiger partial charge >= 0.3 is 0 Å². The highest BCUT2D eigenvalue weighted by atomic mass is 32.2. The summed E-state index contributed by atoms with van der Waals surface area (Å²) in [6.45, 7) is 3.07. The lowest BCUT2D eigenvalue weighted by molar-refractivity contribution is 0.227. The largest absolute Gasteiger partial charge is 0.326 e. The molecule has 2 atom stereocenters. The van der Waals surface area contributed by atoms with Gasteiger partial charge in [0.15, 0.2) is 0 Å². The normalized spacial score (nSPS) is 15.1. The average molecular weight is 239 g/mol. The van der Waals surface area contributed by atoms with Crippen LogP contribution in [0.3, 0.4) is 0 Å². The molecule has 0 amide bonds. The van der Waals surface area contributed by atoms with Gasteiger partial charge in [-0.25, -0.2) is 0 Å². The summed E-state index contributed by atoms with van der Waals surface area (Å²) < 4.78 is 0. The molecular formula is C12H21N3S. The predicted octanol–water partition coefficient (Wildman–Crippen LogP) is 1.76. The minimum Gasteiger partial charge on any atom is -0.326 e. The molecule has 0 bridgehead atoms. The van der Waals surface area contributed by atoms with Gasteiger partial charge in [0.25, 0.3) is 0 Å². The van der Waals surface area contributed by atoms with Gasteiger partial charge in [-0.1, -0.05) is 6.07 Å². The molecule has 4 heteroatoms. The zero-order valence-electron chi connectivity index (χ0n) is 10.3. The van der Waals surface area contributed by atoms with E-state index in [-0.39, 0.29) is 12.1 Å². The van der Waals surface area contributed by atoms with Gasteiger partial charge in [0.05, 0.1) is 11.7 Å². The van der Waals surface area contributed by atoms with E-state index < -0.39 is 0 Å². The molecule has 0 saturated carbocycles. The molecular weight excluding hydrogens is 218 g/mol. The molecule has 1 heterocycles. The summed E-state index contributed by atoms with van der Waals surface area (Å²) in [4.78, 5) is 6.68. The average Bonchev–Trinajstić information content (AvgIpc) is 2.27. The van der Waals surface area contributed by atoms with E-state index in [9.17, 15) is 0 Å². The molecule has 90 valence electrons. The Morgan fingerprint density at radius 2 is 2.25 bits per heavy atom. The Bertz CT molecular complexity index is 290. The molecule has 0 fully saturated rings. The maximum Gasteiger partial charge on any atom is 0.0668 e. The first-order valence-corrected chi connectivity index (χ1v) is 6.92. The summed E-state index contributed by atoms with van der Waals surface area (Å²) in [5.41, 5.74) is 7.11. The summed E-state index contributed by atoms with van der Waals surface area (Å²) in [5.74, 6) is 1.12. The van der Waals surface area contributed by atoms with Gasteiger partial charge in [-0.15, -0.1) is 0 Å². The van der Waals surface area contributed by atoms with E-state index in [4.69, 9.17) is 5.73 Å². The molecule has 1 rings (SSSR count). The van der Waals surface area contributed by atoms with Gasteiger partial charge in [-0.05, 0) is 32.4 Å². The number of likely N-dealkylation sites (N-methyl/N-ethyl adjacent to an activating group) is 1. The van der Waals surface area contributed by atoms with Crippen molar-refractivity contribution >= 4 is 11.8 Å². The topological polar surface area (TPSA) is 42.2 Å². The Labute approximate surface area is 102 Å². The van der Waals surface area contributed by atoms with Crippen molar-refractivity contribution in [1.29, 1.82) is 0 Å². The molecule has 1 aromatic heterocycles. The lowest BCUT2D eigenvalue weighted by Crippen LogP contribution is -2.38. The lowest BCUT2D eigenvalue weighted by Gasteiger charge is -2.30. The van der Waals surface area contributed by atoms with Crippen LogP contribution in [0.5, 0.6) is 0 Å². The Balaban J connectivity index is 2.75. The van der Waals surface area contributed by atoms with Crippen molar-refractivity contribution < 1.29 is 0 Å². The molecule has 0 radical (unpaired) electrons. The van der Waals surface area contributed by atoms with Crippen LogP contribution < -0.4 is 5.73 Å². The first kappa shape index (κ1) is 13.5. The van der Waals surface area contributed by atoms with E-state index >= 15 is 0 Å². The van der Waals surface area contributed by atoms with Crippen LogP contribution in [-0.2, 0) is 0 Å². The van der Waals surface area contributed by atoms with E-state index in [0.29, 0.717) is 0 Å². The lowest BCUT2D eigenvalue weighted by atomic mass is 10.1. The number of thioether (sulfide) groups is 1. The van der Waals surface area contributed by atoms with E-state index in [2.05, 4.69) is 23.2 Å². The number of rotatable bonds is 6. The fourth-order valence-electron chi connectivity index (χ4n) is 1.82. The zero-order chi connectivity index (χ0) is 12.0. The van der Waals surface area contributed by atoms with Crippen molar-refractivity contribution in [2.75, 3.05) is 25.6 Å². The van der Waals surface area contributed by atoms with Crippen LogP contribution in [0, 0.1) is 0 Å². The number of nitrogens with two attached hydrogens (primary N) is 1. The second-order valence-electron chi connectivity index (χ2n) is 4.03. The summed E-state index contributed by atoms with van der Waals surface area (Å²) in [5, 5.41) is 0. The SMILES string of the molecule is CSCCN(C)C(c1ccccn1)C(C)N. The Morgan fingerprint density at radius 3 is 2.75 bits per heavy atom. The van der Waals surface area contributed by atoms with Crippen molar-refractivity contribution in [2.45, 2.75) is 19.0 Å². The highest BCUT2D eigenvalue weighted by Gasteiger charge is 2.21. The van der Waals surface area contributed by atoms with Gasteiger partial charge in [0.1, 0.15) is 0 Å². The molecule has 2 N–H and O–H groups in total. The van der Waals surface area contributed by atoms with Gasteiger partial charge in [-0.3, -0.25) is 9.88 Å². The first-order chi connectivity index (χ1) is 7.66. The molecule has 3 nitrogen and oxygen atoms in total. The molecule has 0 saturated heterocycles. The molecule has 0 spiro atoms. The minimum atomic E-state index is 0.0850. The van der Waals surface area contributed by atoms with E-state index in [1.165, 1.54) is 0 Å². The molecule has 0 aromatic carbocycles. The maximum absolute atomic E-state index is 6.05. The fourth-order valence-corrected chi connectivity index (χ4v) is 2.29. The van der Waals surface area contributed by atoms with Gasteiger partial charge < -0.3 is 5.73 Å². The van der Waals surface area contributed by atoms with E-state index in [1.54, 1.807) is 0 Å². The number of nitrogens with zero attached hydrogens (tertiary/aromatic N) is 2. The Morgan fingerprint density at radius 1 is 1.50 bits per heavy atom. The van der Waals surface area contributed by atoms with Crippen molar-refractivity contribution in [3.05, 3.63) is 30.1 Å². The standard InChI is InChI=1S/C12H21N3S/c1-10(13)12(15(2)8-9-16-3)11-6-4-5-7-14-11/h4-7,10,12H,8-9,13H2,1-3H3. The second kappa shape index (κ2) is 6.89. The minimum absolute atomic E-state index is 0.0850. The number of pyridine rings is 1. The van der Waals surface area contributed by atoms with Crippen molar-refractivity contribution in [3.63, 3.8) is 0 Å². The van der Waals surface area contributed by atoms with Crippen molar-refractivity contribution in [3.8, 4) is 0 Å². The predicted molar refractivity (Wildman–Crippen MR) is 71.6 cm³/mol. The third-order valence-electron chi connectivity index (χ3n) is 2.61. The summed E-state index contributed by atoms with van der Waals surface area (Å²) >= 11 is 1.85. The molecule has 0 aliphatic rings. The van der Waals surface area contributed by atoms with Gasteiger partial charge in [-0.2, -0.15) is 11.8 Å². The third kappa shape index (κ3) is 3.77. The van der Waals surface area contributed by atoms with E-state index in [1.807, 2.05) is 43.1 Å². The Hall–Kier alpha value is -0.580. The van der Waals surface area contributed by atoms with Crippen LogP contribution in [0.2, 0.25) is 0 Å². The summed E-state index contributed by atoms with van der Waals surface area (Å²) in [7, 11) is 2.11. The molecule has 16 heavy (non-hydrogen) atoms. The number of hydrogen-bond donors (Lipinski definition) is 1. The van der Waals surface area contributed by atoms with Crippen LogP contribution in [0.25, 0.3) is 0 Å². The number of aromatic nitrogens is 1. The van der Waals surface area contributed by atoms with Crippen LogP contribution in [0.4, 0.5) is 0 Å². The van der Waals surface area contributed by atoms with Crippen molar-refractivity contribution in [2.24, 2.45) is 5.73 Å². The summed E-state index contributed by atoms with van der Waals surface area (Å²) in [6.07, 6.45) is 3.95. The monoisotopic (exact) mass is 239 g/mol. The van der Waals surface area contributed by atoms with Crippen LogP contribution in [0.15, 0.2) is 24.4 Å². The van der Waals surface area contributed by atoms with Crippen molar-refractivity contribution in [1.82, 2.24) is 9.88 Å². The van der Waals surface area contributed by atoms with Crippen LogP contribution in [0.1, 0.15) is 18.7 Å². The van der Waals surface area contributed by atoms with Gasteiger partial charge in [0.2, 0.25) is 0 Å². The smallest absolute Gasteiger partial charge is 0.0668 e. The van der Waals surface area contributed by atoms with Crippen LogP contribution in [-0.4, -0.2) is 41.5 Å². The first-order valence-electron chi connectivity index (χ1n) is 5.52. The van der Waals surface area contributed by atoms with E-state index in [0.717, 1.165) is 18.0 Å².